The van der Waals surface area contributed by atoms with Crippen molar-refractivity contribution in [1.29, 1.82) is 0 Å². The molecule has 122 valence electrons. The van der Waals surface area contributed by atoms with Crippen molar-refractivity contribution in [2.75, 3.05) is 11.9 Å². The van der Waals surface area contributed by atoms with Crippen LogP contribution in [-0.4, -0.2) is 36.4 Å². The van der Waals surface area contributed by atoms with Crippen molar-refractivity contribution in [3.63, 3.8) is 0 Å². The maximum absolute atomic E-state index is 11.9. The molecule has 3 amide bonds. The quantitative estimate of drug-likeness (QED) is 0.746. The number of nitrogens with one attached hydrogen (secondary N) is 3. The first-order valence-electron chi connectivity index (χ1n) is 7.70. The molecule has 0 bridgehead atoms. The molecule has 1 saturated heterocycles. The van der Waals surface area contributed by atoms with E-state index >= 15 is 0 Å². The van der Waals surface area contributed by atoms with Gasteiger partial charge in [-0.2, -0.15) is 0 Å². The zero-order chi connectivity index (χ0) is 16.4. The number of carbonyl (C=O) groups excluding carboxylic acids is 3. The van der Waals surface area contributed by atoms with Gasteiger partial charge in [-0.3, -0.25) is 14.4 Å². The third kappa shape index (κ3) is 3.44. The molecule has 0 aliphatic carbocycles. The van der Waals surface area contributed by atoms with Crippen LogP contribution in [-0.2, 0) is 20.8 Å². The highest BCUT2D eigenvalue weighted by Gasteiger charge is 2.27. The summed E-state index contributed by atoms with van der Waals surface area (Å²) in [5, 5.41) is 8.25. The molecule has 2 aliphatic heterocycles. The van der Waals surface area contributed by atoms with E-state index in [1.54, 1.807) is 6.92 Å². The molecule has 1 aromatic rings. The van der Waals surface area contributed by atoms with Gasteiger partial charge in [0, 0.05) is 13.0 Å². The van der Waals surface area contributed by atoms with Crippen molar-refractivity contribution in [1.82, 2.24) is 10.6 Å². The molecule has 7 nitrogen and oxygen atoms in total. The second kappa shape index (κ2) is 6.28. The Morgan fingerprint density at radius 2 is 2.22 bits per heavy atom. The Bertz CT molecular complexity index is 659. The smallest absolute Gasteiger partial charge is 0.265 e. The van der Waals surface area contributed by atoms with E-state index in [2.05, 4.69) is 16.0 Å². The van der Waals surface area contributed by atoms with Crippen molar-refractivity contribution in [2.45, 2.75) is 38.3 Å². The zero-order valence-electron chi connectivity index (χ0n) is 12.8. The second-order valence-electron chi connectivity index (χ2n) is 5.78. The van der Waals surface area contributed by atoms with Crippen LogP contribution in [0.5, 0.6) is 5.75 Å². The lowest BCUT2D eigenvalue weighted by atomic mass is 10.1. The Hall–Kier alpha value is -2.57. The highest BCUT2D eigenvalue weighted by molar-refractivity contribution is 5.97. The van der Waals surface area contributed by atoms with E-state index in [9.17, 15) is 14.4 Å². The Labute approximate surface area is 133 Å². The second-order valence-corrected chi connectivity index (χ2v) is 5.78. The maximum atomic E-state index is 11.9. The third-order valence-electron chi connectivity index (χ3n) is 4.00. The van der Waals surface area contributed by atoms with Gasteiger partial charge in [0.05, 0.1) is 5.69 Å². The molecular formula is C16H19N3O4. The van der Waals surface area contributed by atoms with Crippen molar-refractivity contribution < 1.29 is 19.1 Å². The van der Waals surface area contributed by atoms with Crippen LogP contribution in [0.3, 0.4) is 0 Å². The molecule has 0 aromatic heterocycles. The first-order chi connectivity index (χ1) is 11.0. The largest absolute Gasteiger partial charge is 0.479 e. The predicted molar refractivity (Wildman–Crippen MR) is 83.0 cm³/mol. The number of amides is 3. The molecular weight excluding hydrogens is 298 g/mol. The van der Waals surface area contributed by atoms with Crippen LogP contribution in [0.4, 0.5) is 5.69 Å². The summed E-state index contributed by atoms with van der Waals surface area (Å²) in [6.07, 6.45) is 1.09. The first-order valence-corrected chi connectivity index (χ1v) is 7.70. The summed E-state index contributed by atoms with van der Waals surface area (Å²) in [5.41, 5.74) is 1.64. The van der Waals surface area contributed by atoms with E-state index in [1.165, 1.54) is 0 Å². The lowest BCUT2D eigenvalue weighted by Gasteiger charge is -2.23. The molecule has 0 saturated carbocycles. The van der Waals surface area contributed by atoms with Gasteiger partial charge in [0.2, 0.25) is 11.8 Å². The average Bonchev–Trinajstić information content (AvgIpc) is 2.95. The minimum absolute atomic E-state index is 0.0789. The lowest BCUT2D eigenvalue weighted by molar-refractivity contribution is -0.125. The molecule has 0 radical (unpaired) electrons. The van der Waals surface area contributed by atoms with Gasteiger partial charge in [-0.25, -0.2) is 0 Å². The maximum Gasteiger partial charge on any atom is 0.265 e. The third-order valence-corrected chi connectivity index (χ3v) is 4.00. The topological polar surface area (TPSA) is 96.5 Å². The van der Waals surface area contributed by atoms with Crippen molar-refractivity contribution >= 4 is 23.4 Å². The molecule has 23 heavy (non-hydrogen) atoms. The summed E-state index contributed by atoms with van der Waals surface area (Å²) in [6.45, 7) is 2.17. The number of rotatable bonds is 4. The summed E-state index contributed by atoms with van der Waals surface area (Å²) in [7, 11) is 0. The monoisotopic (exact) mass is 317 g/mol. The van der Waals surface area contributed by atoms with E-state index in [0.717, 1.165) is 5.56 Å². The van der Waals surface area contributed by atoms with Gasteiger partial charge in [0.1, 0.15) is 11.8 Å². The normalized spacial score (nSPS) is 22.7. The summed E-state index contributed by atoms with van der Waals surface area (Å²) in [5.74, 6) is 0.252. The van der Waals surface area contributed by atoms with Gasteiger partial charge in [-0.15, -0.1) is 0 Å². The Morgan fingerprint density at radius 3 is 2.96 bits per heavy atom. The van der Waals surface area contributed by atoms with Crippen LogP contribution in [0.25, 0.3) is 0 Å². The van der Waals surface area contributed by atoms with Crippen molar-refractivity contribution in [3.8, 4) is 5.75 Å². The first kappa shape index (κ1) is 15.3. The summed E-state index contributed by atoms with van der Waals surface area (Å²) in [6, 6.07) is 5.16. The number of benzene rings is 1. The standard InChI is InChI=1S/C16H19N3O4/c1-9-15(21)19-12-8-10(2-4-13(12)23-9)6-7-17-16(22)11-3-5-14(20)18-11/h2,4,8-9,11H,3,5-7H2,1H3,(H,17,22)(H,18,20)(H,19,21). The number of fused-ring (bicyclic) bond motifs is 1. The van der Waals surface area contributed by atoms with Crippen LogP contribution in [0.1, 0.15) is 25.3 Å². The van der Waals surface area contributed by atoms with Crippen molar-refractivity contribution in [3.05, 3.63) is 23.8 Å². The fourth-order valence-corrected chi connectivity index (χ4v) is 2.68. The SMILES string of the molecule is CC1Oc2ccc(CCNC(=O)C3CCC(=O)N3)cc2NC1=O. The Kier molecular flexibility index (Phi) is 4.18. The van der Waals surface area contributed by atoms with Crippen LogP contribution in [0.15, 0.2) is 18.2 Å². The van der Waals surface area contributed by atoms with E-state index in [1.807, 2.05) is 18.2 Å². The predicted octanol–water partition coefficient (Wildman–Crippen LogP) is 0.343. The van der Waals surface area contributed by atoms with Gasteiger partial charge in [0.25, 0.3) is 5.91 Å². The number of carbonyl (C=O) groups is 3. The highest BCUT2D eigenvalue weighted by atomic mass is 16.5. The minimum atomic E-state index is -0.491. The lowest BCUT2D eigenvalue weighted by Crippen LogP contribution is -2.42. The molecule has 7 heteroatoms. The van der Waals surface area contributed by atoms with Crippen LogP contribution < -0.4 is 20.7 Å². The molecule has 2 heterocycles. The number of hydrogen-bond acceptors (Lipinski definition) is 4. The summed E-state index contributed by atoms with van der Waals surface area (Å²) < 4.78 is 5.50. The highest BCUT2D eigenvalue weighted by Crippen LogP contribution is 2.30. The molecule has 2 aliphatic rings. The molecule has 3 rings (SSSR count). The van der Waals surface area contributed by atoms with E-state index in [-0.39, 0.29) is 17.7 Å². The van der Waals surface area contributed by atoms with Crippen LogP contribution in [0, 0.1) is 0 Å². The van der Waals surface area contributed by atoms with Crippen LogP contribution in [0.2, 0.25) is 0 Å². The molecule has 2 unspecified atom stereocenters. The number of anilines is 1. The number of ether oxygens (including phenoxy) is 1. The zero-order valence-corrected chi connectivity index (χ0v) is 12.8. The Morgan fingerprint density at radius 1 is 1.39 bits per heavy atom. The average molecular weight is 317 g/mol. The fraction of sp³-hybridized carbons (Fsp3) is 0.438. The van der Waals surface area contributed by atoms with E-state index < -0.39 is 12.1 Å². The van der Waals surface area contributed by atoms with E-state index in [0.29, 0.717) is 37.2 Å². The van der Waals surface area contributed by atoms with Crippen LogP contribution >= 0.6 is 0 Å². The van der Waals surface area contributed by atoms with Gasteiger partial charge in [0.15, 0.2) is 6.10 Å². The minimum Gasteiger partial charge on any atom is -0.479 e. The fourth-order valence-electron chi connectivity index (χ4n) is 2.68. The molecule has 3 N–H and O–H groups in total. The number of hydrogen-bond donors (Lipinski definition) is 3. The van der Waals surface area contributed by atoms with Gasteiger partial charge in [-0.05, 0) is 37.5 Å². The Balaban J connectivity index is 1.53. The van der Waals surface area contributed by atoms with Crippen molar-refractivity contribution in [2.24, 2.45) is 0 Å². The van der Waals surface area contributed by atoms with Gasteiger partial charge >= 0.3 is 0 Å². The van der Waals surface area contributed by atoms with E-state index in [4.69, 9.17) is 4.74 Å². The van der Waals surface area contributed by atoms with Gasteiger partial charge in [-0.1, -0.05) is 6.07 Å². The summed E-state index contributed by atoms with van der Waals surface area (Å²) >= 11 is 0. The molecule has 2 atom stereocenters. The van der Waals surface area contributed by atoms with Gasteiger partial charge < -0.3 is 20.7 Å². The summed E-state index contributed by atoms with van der Waals surface area (Å²) in [4.78, 5) is 34.6. The molecule has 0 spiro atoms. The molecule has 1 aromatic carbocycles. The molecule has 1 fully saturated rings.